The summed E-state index contributed by atoms with van der Waals surface area (Å²) < 4.78 is 51.0. The monoisotopic (exact) mass is 974 g/mol. The van der Waals surface area contributed by atoms with Crippen LogP contribution in [-0.2, 0) is 36.2 Å². The van der Waals surface area contributed by atoms with Crippen LogP contribution >= 0.6 is 22.7 Å². The van der Waals surface area contributed by atoms with Gasteiger partial charge in [-0.15, -0.1) is 22.7 Å². The largest absolute Gasteiger partial charge is 0.400 e. The number of hydrogen-bond donors (Lipinski definition) is 6. The van der Waals surface area contributed by atoms with Gasteiger partial charge in [-0.2, -0.15) is 5.26 Å². The molecule has 2 aromatic heterocycles. The van der Waals surface area contributed by atoms with Gasteiger partial charge < -0.3 is 32.1 Å². The molecule has 0 radical (unpaired) electrons. The Bertz CT molecular complexity index is 2950. The molecular weight excluding hydrogens is 929 g/mol. The van der Waals surface area contributed by atoms with Gasteiger partial charge in [0.15, 0.2) is 10.3 Å². The number of rotatable bonds is 15. The van der Waals surface area contributed by atoms with Crippen LogP contribution < -0.4 is 27.0 Å². The van der Waals surface area contributed by atoms with E-state index in [1.807, 2.05) is 35.7 Å². The zero-order valence-corrected chi connectivity index (χ0v) is 39.4. The van der Waals surface area contributed by atoms with Crippen molar-refractivity contribution in [3.05, 3.63) is 130 Å². The number of thiazole rings is 2. The fourth-order valence-electron chi connectivity index (χ4n) is 5.40. The molecule has 0 atom stereocenters. The zero-order valence-electron chi connectivity index (χ0n) is 36.2. The van der Waals surface area contributed by atoms with Gasteiger partial charge >= 0.3 is 0 Å². The van der Waals surface area contributed by atoms with Crippen LogP contribution in [0.4, 0.5) is 10.3 Å². The number of aliphatic hydroxyl groups is 1. The van der Waals surface area contributed by atoms with Crippen LogP contribution in [0.15, 0.2) is 118 Å². The fraction of sp³-hybridized carbons (Fsp3) is 0.186. The molecule has 66 heavy (non-hydrogen) atoms. The average molecular weight is 975 g/mol. The number of anilines is 2. The van der Waals surface area contributed by atoms with Crippen LogP contribution in [0.3, 0.4) is 0 Å². The molecule has 19 nitrogen and oxygen atoms in total. The molecule has 0 saturated carbocycles. The van der Waals surface area contributed by atoms with Gasteiger partial charge in [0.25, 0.3) is 11.8 Å². The number of nitrogens with two attached hydrogens (primary N) is 1. The Balaban J connectivity index is 0.000000278. The third-order valence-corrected chi connectivity index (χ3v) is 14.0. The second-order valence-electron chi connectivity index (χ2n) is 13.8. The van der Waals surface area contributed by atoms with Crippen molar-refractivity contribution in [3.63, 3.8) is 0 Å². The molecule has 0 aliphatic rings. The van der Waals surface area contributed by atoms with E-state index in [0.717, 1.165) is 32.4 Å². The number of nitriles is 1. The zero-order chi connectivity index (χ0) is 48.6. The van der Waals surface area contributed by atoms with E-state index in [9.17, 15) is 36.0 Å². The minimum atomic E-state index is -3.68. The molecule has 0 saturated heterocycles. The van der Waals surface area contributed by atoms with E-state index < -0.39 is 43.7 Å². The fourth-order valence-corrected chi connectivity index (χ4v) is 8.77. The summed E-state index contributed by atoms with van der Waals surface area (Å²) in [5.41, 5.74) is 10.4. The van der Waals surface area contributed by atoms with Gasteiger partial charge in [0, 0.05) is 74.9 Å². The first-order chi connectivity index (χ1) is 31.4. The summed E-state index contributed by atoms with van der Waals surface area (Å²) in [7, 11) is -0.735. The molecule has 23 heteroatoms. The van der Waals surface area contributed by atoms with E-state index in [-0.39, 0.29) is 34.0 Å². The highest BCUT2D eigenvalue weighted by molar-refractivity contribution is 7.89. The topological polar surface area (TPSA) is 287 Å². The Morgan fingerprint density at radius 1 is 0.652 bits per heavy atom. The van der Waals surface area contributed by atoms with Crippen molar-refractivity contribution in [2.24, 2.45) is 5.73 Å². The molecule has 0 aliphatic carbocycles. The van der Waals surface area contributed by atoms with Crippen molar-refractivity contribution in [1.29, 1.82) is 5.26 Å². The van der Waals surface area contributed by atoms with E-state index in [4.69, 9.17) is 16.1 Å². The third-order valence-electron chi connectivity index (χ3n) is 8.82. The van der Waals surface area contributed by atoms with Crippen LogP contribution in [0.1, 0.15) is 31.8 Å². The maximum absolute atomic E-state index is 12.4. The minimum absolute atomic E-state index is 0.00591. The molecule has 346 valence electrons. The van der Waals surface area contributed by atoms with Gasteiger partial charge in [-0.1, -0.05) is 42.5 Å². The van der Waals surface area contributed by atoms with Crippen molar-refractivity contribution < 1.29 is 41.1 Å². The number of aromatic nitrogens is 2. The second kappa shape index (κ2) is 24.0. The molecule has 6 rings (SSSR count). The lowest BCUT2D eigenvalue weighted by atomic mass is 10.1. The SMILES string of the molecule is CN(C)S(=O)(=O)c1cccc(C(=O)NCC(=O)Nc2nc(-c3cccc(C#N)c3)cs2)c1.CN(C)S(=O)(=O)c1cccc(C(=O)NCC(=O)Nc2nc(-c3cccc(CN)c3)cs2)c1.CO. The summed E-state index contributed by atoms with van der Waals surface area (Å²) in [5.74, 6) is -2.08. The van der Waals surface area contributed by atoms with E-state index in [0.29, 0.717) is 33.8 Å². The summed E-state index contributed by atoms with van der Waals surface area (Å²) in [6.07, 6.45) is 0. The molecule has 4 amide bonds. The Morgan fingerprint density at radius 2 is 1.08 bits per heavy atom. The molecular formula is C43H46N10O9S4. The van der Waals surface area contributed by atoms with Gasteiger partial charge in [0.2, 0.25) is 31.9 Å². The highest BCUT2D eigenvalue weighted by Crippen LogP contribution is 2.27. The molecule has 0 aliphatic heterocycles. The Labute approximate surface area is 390 Å². The predicted molar refractivity (Wildman–Crippen MR) is 252 cm³/mol. The molecule has 2 heterocycles. The van der Waals surface area contributed by atoms with E-state index in [1.165, 1.54) is 99.4 Å². The number of hydrogen-bond acceptors (Lipinski definition) is 15. The average Bonchev–Trinajstić information content (AvgIpc) is 4.01. The summed E-state index contributed by atoms with van der Waals surface area (Å²) >= 11 is 2.48. The summed E-state index contributed by atoms with van der Waals surface area (Å²) in [4.78, 5) is 57.9. The molecule has 0 bridgehead atoms. The maximum Gasteiger partial charge on any atom is 0.251 e. The second-order valence-corrected chi connectivity index (χ2v) is 19.8. The summed E-state index contributed by atoms with van der Waals surface area (Å²) in [6.45, 7) is -0.186. The van der Waals surface area contributed by atoms with E-state index in [1.54, 1.807) is 23.6 Å². The lowest BCUT2D eigenvalue weighted by Gasteiger charge is -2.12. The first-order valence-corrected chi connectivity index (χ1v) is 23.9. The predicted octanol–water partition coefficient (Wildman–Crippen LogP) is 3.80. The Morgan fingerprint density at radius 3 is 1.50 bits per heavy atom. The molecule has 0 unspecified atom stereocenters. The summed E-state index contributed by atoms with van der Waals surface area (Å²) in [5, 5.41) is 30.5. The van der Waals surface area contributed by atoms with Crippen molar-refractivity contribution in [1.82, 2.24) is 29.2 Å². The first-order valence-electron chi connectivity index (χ1n) is 19.3. The highest BCUT2D eigenvalue weighted by atomic mass is 32.2. The Kier molecular flexibility index (Phi) is 18.8. The molecule has 4 aromatic carbocycles. The smallest absolute Gasteiger partial charge is 0.251 e. The van der Waals surface area contributed by atoms with Gasteiger partial charge in [0.1, 0.15) is 0 Å². The van der Waals surface area contributed by atoms with Crippen LogP contribution in [0.25, 0.3) is 22.5 Å². The quantitative estimate of drug-likeness (QED) is 0.0855. The van der Waals surface area contributed by atoms with Gasteiger partial charge in [-0.25, -0.2) is 35.4 Å². The Hall–Kier alpha value is -6.75. The lowest BCUT2D eigenvalue weighted by Crippen LogP contribution is -2.33. The number of nitrogens with zero attached hydrogens (tertiary/aromatic N) is 5. The summed E-state index contributed by atoms with van der Waals surface area (Å²) in [6, 6.07) is 27.9. The van der Waals surface area contributed by atoms with Crippen LogP contribution in [0.5, 0.6) is 0 Å². The van der Waals surface area contributed by atoms with Crippen LogP contribution in [-0.4, -0.2) is 113 Å². The molecule has 7 N–H and O–H groups in total. The van der Waals surface area contributed by atoms with Crippen molar-refractivity contribution in [2.45, 2.75) is 16.3 Å². The van der Waals surface area contributed by atoms with E-state index >= 15 is 0 Å². The number of carbonyl (C=O) groups excluding carboxylic acids is 4. The number of aliphatic hydroxyl groups excluding tert-OH is 1. The van der Waals surface area contributed by atoms with Gasteiger partial charge in [-0.3, -0.25) is 19.2 Å². The van der Waals surface area contributed by atoms with Gasteiger partial charge in [-0.05, 0) is 60.2 Å². The third kappa shape index (κ3) is 14.1. The maximum atomic E-state index is 12.4. The number of amides is 4. The van der Waals surface area contributed by atoms with Crippen LogP contribution in [0.2, 0.25) is 0 Å². The highest BCUT2D eigenvalue weighted by Gasteiger charge is 2.21. The van der Waals surface area contributed by atoms with Crippen molar-refractivity contribution >= 4 is 76.6 Å². The standard InChI is InChI=1S/C21H23N5O4S2.C21H19N5O4S2.CH4O/c2*1-26(2)32(29,30)17-8-4-7-16(10-17)20(28)23-12-19(27)25-21-24-18(13-31-21)15-6-3-5-14(9-15)11-22;1-2/h3-10,13H,11-12,22H2,1-2H3,(H,23,28)(H,24,25,27);3-10,13H,12H2,1-2H3,(H,23,28)(H,24,25,27);2H,1H3. The van der Waals surface area contributed by atoms with E-state index in [2.05, 4.69) is 37.3 Å². The normalized spacial score (nSPS) is 11.0. The number of benzene rings is 4. The van der Waals surface area contributed by atoms with Gasteiger partial charge in [0.05, 0.1) is 45.9 Å². The first kappa shape index (κ1) is 51.9. The molecule has 0 spiro atoms. The lowest BCUT2D eigenvalue weighted by molar-refractivity contribution is -0.116. The number of carbonyl (C=O) groups is 4. The number of nitrogens with one attached hydrogen (secondary N) is 4. The molecule has 6 aromatic rings. The molecule has 0 fully saturated rings. The van der Waals surface area contributed by atoms with Crippen LogP contribution in [0, 0.1) is 11.3 Å². The van der Waals surface area contributed by atoms with Crippen molar-refractivity contribution in [2.75, 3.05) is 59.0 Å². The number of sulfonamides is 2. The minimum Gasteiger partial charge on any atom is -0.400 e. The van der Waals surface area contributed by atoms with Crippen molar-refractivity contribution in [3.8, 4) is 28.6 Å².